The van der Waals surface area contributed by atoms with E-state index in [0.29, 0.717) is 0 Å². The molecular weight excluding hydrogens is 402 g/mol. The Morgan fingerprint density at radius 3 is 2.15 bits per heavy atom. The summed E-state index contributed by atoms with van der Waals surface area (Å²) in [6, 6.07) is 36.3. The van der Waals surface area contributed by atoms with E-state index in [1.54, 1.807) is 6.20 Å². The fourth-order valence-electron chi connectivity index (χ4n) is 5.00. The molecule has 0 unspecified atom stereocenters. The van der Waals surface area contributed by atoms with Crippen LogP contribution in [0.25, 0.3) is 65.7 Å². The lowest BCUT2D eigenvalue weighted by atomic mass is 9.93. The molecule has 0 atom stereocenters. The zero-order chi connectivity index (χ0) is 21.8. The largest absolute Gasteiger partial charge is 0.455 e. The Morgan fingerprint density at radius 1 is 0.545 bits per heavy atom. The second-order valence-corrected chi connectivity index (χ2v) is 8.43. The quantitative estimate of drug-likeness (QED) is 0.279. The van der Waals surface area contributed by atoms with Crippen LogP contribution in [0.2, 0.25) is 0 Å². The first-order valence-electron chi connectivity index (χ1n) is 11.1. The van der Waals surface area contributed by atoms with Crippen LogP contribution in [0.15, 0.2) is 120 Å². The van der Waals surface area contributed by atoms with Crippen molar-refractivity contribution in [3.8, 4) is 22.3 Å². The molecule has 2 aromatic heterocycles. The maximum atomic E-state index is 6.59. The Morgan fingerprint density at radius 2 is 1.30 bits per heavy atom. The van der Waals surface area contributed by atoms with Gasteiger partial charge in [-0.3, -0.25) is 4.98 Å². The van der Waals surface area contributed by atoms with Gasteiger partial charge in [-0.2, -0.15) is 0 Å². The normalized spacial score (nSPS) is 11.6. The molecule has 33 heavy (non-hydrogen) atoms. The lowest BCUT2D eigenvalue weighted by Crippen LogP contribution is -1.85. The van der Waals surface area contributed by atoms with Crippen LogP contribution in [-0.4, -0.2) is 4.98 Å². The fraction of sp³-hybridized carbons (Fsp3) is 0. The van der Waals surface area contributed by atoms with Crippen LogP contribution in [0.3, 0.4) is 0 Å². The summed E-state index contributed by atoms with van der Waals surface area (Å²) in [5.41, 5.74) is 6.34. The summed E-state index contributed by atoms with van der Waals surface area (Å²) in [7, 11) is 0. The van der Waals surface area contributed by atoms with Crippen molar-refractivity contribution in [1.82, 2.24) is 4.98 Å². The molecule has 0 saturated heterocycles. The number of nitrogens with zero attached hydrogens (tertiary/aromatic N) is 1. The average molecular weight is 421 g/mol. The van der Waals surface area contributed by atoms with Crippen LogP contribution in [0, 0.1) is 0 Å². The van der Waals surface area contributed by atoms with E-state index in [1.165, 1.54) is 32.3 Å². The third-order valence-electron chi connectivity index (χ3n) is 6.52. The summed E-state index contributed by atoms with van der Waals surface area (Å²) in [5, 5.41) is 7.24. The van der Waals surface area contributed by atoms with E-state index in [4.69, 9.17) is 4.42 Å². The van der Waals surface area contributed by atoms with Crippen LogP contribution >= 0.6 is 0 Å². The third kappa shape index (κ3) is 2.78. The molecular formula is C31H19NO. The standard InChI is InChI=1S/C31H19NO/c1-3-12-25-20(7-1)14-15-28-29(25)30-26-13-4-2-8-23(26)18-27(31(30)33-28)22-10-5-9-21(17-22)24-11-6-16-32-19-24/h1-19H. The molecule has 154 valence electrons. The van der Waals surface area contributed by atoms with E-state index in [1.807, 2.05) is 12.3 Å². The first kappa shape index (κ1) is 18.2. The Bertz CT molecular complexity index is 1810. The van der Waals surface area contributed by atoms with Gasteiger partial charge in [0.15, 0.2) is 0 Å². The van der Waals surface area contributed by atoms with Gasteiger partial charge in [0.05, 0.1) is 0 Å². The number of furan rings is 1. The van der Waals surface area contributed by atoms with Crippen LogP contribution in [0.1, 0.15) is 0 Å². The van der Waals surface area contributed by atoms with Gasteiger partial charge in [-0.05, 0) is 56.9 Å². The average Bonchev–Trinajstić information content (AvgIpc) is 3.29. The zero-order valence-electron chi connectivity index (χ0n) is 17.8. The van der Waals surface area contributed by atoms with E-state index >= 15 is 0 Å². The molecule has 0 fully saturated rings. The Hall–Kier alpha value is -4.43. The van der Waals surface area contributed by atoms with Gasteiger partial charge in [-0.25, -0.2) is 0 Å². The summed E-state index contributed by atoms with van der Waals surface area (Å²) in [5.74, 6) is 0. The maximum absolute atomic E-state index is 6.59. The van der Waals surface area contributed by atoms with Crippen molar-refractivity contribution < 1.29 is 4.42 Å². The van der Waals surface area contributed by atoms with E-state index in [9.17, 15) is 0 Å². The van der Waals surface area contributed by atoms with Crippen LogP contribution in [0.5, 0.6) is 0 Å². The summed E-state index contributed by atoms with van der Waals surface area (Å²) in [6.45, 7) is 0. The zero-order valence-corrected chi connectivity index (χ0v) is 17.8. The van der Waals surface area contributed by atoms with E-state index in [0.717, 1.165) is 33.4 Å². The monoisotopic (exact) mass is 421 g/mol. The lowest BCUT2D eigenvalue weighted by Gasteiger charge is -2.09. The van der Waals surface area contributed by atoms with Crippen LogP contribution in [-0.2, 0) is 0 Å². The summed E-state index contributed by atoms with van der Waals surface area (Å²) < 4.78 is 6.59. The Labute approximate surface area is 190 Å². The number of aromatic nitrogens is 1. The Balaban J connectivity index is 1.61. The minimum Gasteiger partial charge on any atom is -0.455 e. The van der Waals surface area contributed by atoms with Gasteiger partial charge in [0.2, 0.25) is 0 Å². The van der Waals surface area contributed by atoms with Crippen molar-refractivity contribution in [2.24, 2.45) is 0 Å². The number of benzene rings is 5. The number of fused-ring (bicyclic) bond motifs is 7. The highest BCUT2D eigenvalue weighted by Gasteiger charge is 2.18. The number of rotatable bonds is 2. The van der Waals surface area contributed by atoms with Gasteiger partial charge in [0, 0.05) is 34.3 Å². The van der Waals surface area contributed by atoms with Crippen molar-refractivity contribution in [2.75, 3.05) is 0 Å². The predicted molar refractivity (Wildman–Crippen MR) is 137 cm³/mol. The van der Waals surface area contributed by atoms with E-state index in [2.05, 4.69) is 102 Å². The second-order valence-electron chi connectivity index (χ2n) is 8.43. The second kappa shape index (κ2) is 7.04. The molecule has 2 nitrogen and oxygen atoms in total. The van der Waals surface area contributed by atoms with Crippen molar-refractivity contribution in [3.63, 3.8) is 0 Å². The molecule has 0 aliphatic heterocycles. The highest BCUT2D eigenvalue weighted by atomic mass is 16.3. The predicted octanol–water partition coefficient (Wildman–Crippen LogP) is 8.62. The molecule has 7 rings (SSSR count). The lowest BCUT2D eigenvalue weighted by molar-refractivity contribution is 0.670. The molecule has 0 spiro atoms. The van der Waals surface area contributed by atoms with Crippen molar-refractivity contribution in [2.45, 2.75) is 0 Å². The molecule has 0 N–H and O–H groups in total. The molecule has 0 amide bonds. The highest BCUT2D eigenvalue weighted by Crippen LogP contribution is 2.43. The van der Waals surface area contributed by atoms with Gasteiger partial charge >= 0.3 is 0 Å². The molecule has 2 heteroatoms. The molecule has 0 aliphatic rings. The molecule has 2 heterocycles. The summed E-state index contributed by atoms with van der Waals surface area (Å²) in [4.78, 5) is 4.29. The first-order chi connectivity index (χ1) is 16.4. The summed E-state index contributed by atoms with van der Waals surface area (Å²) >= 11 is 0. The SMILES string of the molecule is c1cncc(-c2cccc(-c3cc4ccccc4c4c3oc3ccc5ccccc5c34)c2)c1. The molecule has 7 aromatic rings. The van der Waals surface area contributed by atoms with Gasteiger partial charge in [-0.15, -0.1) is 0 Å². The molecule has 0 saturated carbocycles. The van der Waals surface area contributed by atoms with E-state index in [-0.39, 0.29) is 0 Å². The Kier molecular flexibility index (Phi) is 3.88. The minimum atomic E-state index is 0.921. The third-order valence-corrected chi connectivity index (χ3v) is 6.52. The number of hydrogen-bond donors (Lipinski definition) is 0. The van der Waals surface area contributed by atoms with Crippen LogP contribution < -0.4 is 0 Å². The van der Waals surface area contributed by atoms with Gasteiger partial charge in [-0.1, -0.05) is 78.9 Å². The van der Waals surface area contributed by atoms with Crippen molar-refractivity contribution in [3.05, 3.63) is 116 Å². The van der Waals surface area contributed by atoms with Crippen LogP contribution in [0.4, 0.5) is 0 Å². The van der Waals surface area contributed by atoms with Crippen molar-refractivity contribution >= 4 is 43.5 Å². The fourth-order valence-corrected chi connectivity index (χ4v) is 5.00. The molecule has 0 radical (unpaired) electrons. The minimum absolute atomic E-state index is 0.921. The first-order valence-corrected chi connectivity index (χ1v) is 11.1. The topological polar surface area (TPSA) is 26.0 Å². The van der Waals surface area contributed by atoms with Gasteiger partial charge < -0.3 is 4.42 Å². The molecule has 0 aliphatic carbocycles. The maximum Gasteiger partial charge on any atom is 0.143 e. The number of pyridine rings is 1. The number of hydrogen-bond acceptors (Lipinski definition) is 2. The summed E-state index contributed by atoms with van der Waals surface area (Å²) in [6.07, 6.45) is 3.71. The smallest absolute Gasteiger partial charge is 0.143 e. The van der Waals surface area contributed by atoms with E-state index < -0.39 is 0 Å². The molecule has 0 bridgehead atoms. The molecule has 5 aromatic carbocycles. The van der Waals surface area contributed by atoms with Crippen molar-refractivity contribution in [1.29, 1.82) is 0 Å². The van der Waals surface area contributed by atoms with Gasteiger partial charge in [0.1, 0.15) is 11.2 Å². The highest BCUT2D eigenvalue weighted by molar-refractivity contribution is 6.28. The van der Waals surface area contributed by atoms with Gasteiger partial charge in [0.25, 0.3) is 0 Å².